The van der Waals surface area contributed by atoms with E-state index in [4.69, 9.17) is 16.3 Å². The minimum Gasteiger partial charge on any atom is -0.456 e. The lowest BCUT2D eigenvalue weighted by Crippen LogP contribution is -2.21. The Balaban J connectivity index is 1.75. The molecule has 0 saturated carbocycles. The van der Waals surface area contributed by atoms with E-state index in [1.807, 2.05) is 19.9 Å². The molecule has 2 N–H and O–H groups in total. The number of halogens is 5. The molecule has 6 nitrogen and oxygen atoms in total. The Labute approximate surface area is 202 Å². The third-order valence-corrected chi connectivity index (χ3v) is 5.68. The van der Waals surface area contributed by atoms with Crippen molar-refractivity contribution >= 4 is 56.7 Å². The van der Waals surface area contributed by atoms with Crippen molar-refractivity contribution in [3.05, 3.63) is 56.5 Å². The summed E-state index contributed by atoms with van der Waals surface area (Å²) < 4.78 is 44.2. The normalized spacial score (nSPS) is 11.1. The summed E-state index contributed by atoms with van der Waals surface area (Å²) in [4.78, 5) is 35.8. The molecule has 0 fully saturated rings. The molecule has 0 saturated heterocycles. The van der Waals surface area contributed by atoms with Crippen LogP contribution in [0.1, 0.15) is 36.0 Å². The lowest BCUT2D eigenvalue weighted by Gasteiger charge is -2.12. The molecule has 2 amide bonds. The summed E-state index contributed by atoms with van der Waals surface area (Å²) in [5.41, 5.74) is 1.24. The van der Waals surface area contributed by atoms with Crippen LogP contribution in [-0.2, 0) is 25.3 Å². The highest BCUT2D eigenvalue weighted by Crippen LogP contribution is 2.34. The quantitative estimate of drug-likeness (QED) is 0.394. The minimum absolute atomic E-state index is 0.0435. The van der Waals surface area contributed by atoms with Gasteiger partial charge in [0.15, 0.2) is 6.61 Å². The van der Waals surface area contributed by atoms with Gasteiger partial charge in [0, 0.05) is 23.0 Å². The molecule has 11 heteroatoms. The van der Waals surface area contributed by atoms with Gasteiger partial charge in [0.05, 0.1) is 16.3 Å². The van der Waals surface area contributed by atoms with Gasteiger partial charge in [0.2, 0.25) is 5.91 Å². The van der Waals surface area contributed by atoms with E-state index in [0.717, 1.165) is 33.8 Å². The third-order valence-electron chi connectivity index (χ3n) is 4.50. The summed E-state index contributed by atoms with van der Waals surface area (Å²) in [7, 11) is 0. The lowest BCUT2D eigenvalue weighted by atomic mass is 10.1. The van der Waals surface area contributed by atoms with Crippen molar-refractivity contribution in [3.8, 4) is 0 Å². The largest absolute Gasteiger partial charge is 0.456 e. The zero-order valence-corrected chi connectivity index (χ0v) is 20.1. The van der Waals surface area contributed by atoms with Crippen LogP contribution in [0.3, 0.4) is 0 Å². The van der Waals surface area contributed by atoms with Crippen LogP contribution in [0.5, 0.6) is 0 Å². The molecule has 0 aliphatic heterocycles. The number of rotatable bonds is 8. The maximum absolute atomic E-state index is 12.8. The lowest BCUT2D eigenvalue weighted by molar-refractivity contribution is -0.147. The van der Waals surface area contributed by atoms with Gasteiger partial charge in [-0.15, -0.1) is 0 Å². The number of anilines is 2. The summed E-state index contributed by atoms with van der Waals surface area (Å²) >= 11 is 9.23. The first-order valence-electron chi connectivity index (χ1n) is 9.75. The van der Waals surface area contributed by atoms with Crippen molar-refractivity contribution < 1.29 is 32.3 Å². The van der Waals surface area contributed by atoms with Crippen molar-refractivity contribution in [2.45, 2.75) is 39.3 Å². The fourth-order valence-electron chi connectivity index (χ4n) is 2.72. The molecule has 0 bridgehead atoms. The van der Waals surface area contributed by atoms with Crippen LogP contribution < -0.4 is 10.6 Å². The van der Waals surface area contributed by atoms with Gasteiger partial charge in [-0.3, -0.25) is 14.4 Å². The summed E-state index contributed by atoms with van der Waals surface area (Å²) in [6, 6.07) is 6.23. The number of hydrogen-bond donors (Lipinski definition) is 2. The highest BCUT2D eigenvalue weighted by atomic mass is 79.9. The molecule has 0 spiro atoms. The monoisotopic (exact) mass is 548 g/mol. The van der Waals surface area contributed by atoms with E-state index in [9.17, 15) is 27.6 Å². The molecule has 2 aromatic carbocycles. The molecule has 178 valence electrons. The molecule has 2 aromatic rings. The first-order chi connectivity index (χ1) is 15.4. The second-order valence-electron chi connectivity index (χ2n) is 7.22. The first kappa shape index (κ1) is 26.7. The highest BCUT2D eigenvalue weighted by molar-refractivity contribution is 9.10. The molecular weight excluding hydrogens is 529 g/mol. The topological polar surface area (TPSA) is 84.5 Å². The first-order valence-corrected chi connectivity index (χ1v) is 10.9. The molecule has 0 atom stereocenters. The van der Waals surface area contributed by atoms with Crippen LogP contribution in [0.15, 0.2) is 34.8 Å². The molecular formula is C22H21BrClF3N2O4. The van der Waals surface area contributed by atoms with Gasteiger partial charge in [0.1, 0.15) is 0 Å². The minimum atomic E-state index is -4.57. The standard InChI is InChI=1S/C22H21BrClF3N2O4/c1-12-9-17(13(2)8-15(12)23)28-20(31)11-33-21(32)5-3-4-19(30)29-18-10-14(22(25,26)27)6-7-16(18)24/h6-10H,3-5,11H2,1-2H3,(H,28,31)(H,29,30). The zero-order chi connectivity index (χ0) is 24.8. The Kier molecular flexibility index (Phi) is 9.30. The van der Waals surface area contributed by atoms with Crippen LogP contribution in [0.4, 0.5) is 24.5 Å². The van der Waals surface area contributed by atoms with Gasteiger partial charge < -0.3 is 15.4 Å². The van der Waals surface area contributed by atoms with E-state index in [0.29, 0.717) is 5.69 Å². The van der Waals surface area contributed by atoms with Gasteiger partial charge in [-0.2, -0.15) is 13.2 Å². The number of carbonyl (C=O) groups is 3. The molecule has 0 radical (unpaired) electrons. The number of benzene rings is 2. The average Bonchev–Trinajstić information content (AvgIpc) is 2.71. The molecule has 0 aliphatic carbocycles. The number of aryl methyl sites for hydroxylation is 2. The number of nitrogens with one attached hydrogen (secondary N) is 2. The average molecular weight is 550 g/mol. The predicted molar refractivity (Wildman–Crippen MR) is 122 cm³/mol. The molecule has 0 aliphatic rings. The Morgan fingerprint density at radius 3 is 2.30 bits per heavy atom. The Morgan fingerprint density at radius 1 is 0.970 bits per heavy atom. The Hall–Kier alpha value is -2.59. The van der Waals surface area contributed by atoms with E-state index in [2.05, 4.69) is 26.6 Å². The van der Waals surface area contributed by atoms with Gasteiger partial charge >= 0.3 is 12.1 Å². The van der Waals surface area contributed by atoms with E-state index in [1.54, 1.807) is 6.07 Å². The Bertz CT molecular complexity index is 1060. The van der Waals surface area contributed by atoms with Crippen molar-refractivity contribution in [2.75, 3.05) is 17.2 Å². The maximum Gasteiger partial charge on any atom is 0.416 e. The number of hydrogen-bond acceptors (Lipinski definition) is 4. The number of amides is 2. The second-order valence-corrected chi connectivity index (χ2v) is 8.48. The van der Waals surface area contributed by atoms with Crippen molar-refractivity contribution in [3.63, 3.8) is 0 Å². The molecule has 0 heterocycles. The zero-order valence-electron chi connectivity index (χ0n) is 17.7. The summed E-state index contributed by atoms with van der Waals surface area (Å²) in [5, 5.41) is 4.92. The maximum atomic E-state index is 12.8. The third kappa shape index (κ3) is 8.36. The number of carbonyl (C=O) groups excluding carboxylic acids is 3. The van der Waals surface area contributed by atoms with E-state index in [1.165, 1.54) is 0 Å². The molecule has 33 heavy (non-hydrogen) atoms. The Morgan fingerprint density at radius 2 is 1.64 bits per heavy atom. The van der Waals surface area contributed by atoms with Crippen molar-refractivity contribution in [1.82, 2.24) is 0 Å². The van der Waals surface area contributed by atoms with Crippen LogP contribution >= 0.6 is 27.5 Å². The smallest absolute Gasteiger partial charge is 0.416 e. The van der Waals surface area contributed by atoms with Crippen molar-refractivity contribution in [2.24, 2.45) is 0 Å². The molecule has 0 unspecified atom stereocenters. The summed E-state index contributed by atoms with van der Waals surface area (Å²) in [5.74, 6) is -1.80. The molecule has 0 aromatic heterocycles. The summed E-state index contributed by atoms with van der Waals surface area (Å²) in [6.07, 6.45) is -4.79. The SMILES string of the molecule is Cc1cc(NC(=O)COC(=O)CCCC(=O)Nc2cc(C(F)(F)F)ccc2Cl)c(C)cc1Br. The van der Waals surface area contributed by atoms with E-state index < -0.39 is 36.1 Å². The van der Waals surface area contributed by atoms with Crippen LogP contribution in [-0.4, -0.2) is 24.4 Å². The fourth-order valence-corrected chi connectivity index (χ4v) is 3.35. The second kappa shape index (κ2) is 11.5. The molecule has 2 rings (SSSR count). The van der Waals surface area contributed by atoms with Gasteiger partial charge in [-0.05, 0) is 61.7 Å². The van der Waals surface area contributed by atoms with Gasteiger partial charge in [-0.25, -0.2) is 0 Å². The van der Waals surface area contributed by atoms with E-state index >= 15 is 0 Å². The highest BCUT2D eigenvalue weighted by Gasteiger charge is 2.31. The fraction of sp³-hybridized carbons (Fsp3) is 0.318. The van der Waals surface area contributed by atoms with E-state index in [-0.39, 0.29) is 30.0 Å². The van der Waals surface area contributed by atoms with Crippen molar-refractivity contribution in [1.29, 1.82) is 0 Å². The van der Waals surface area contributed by atoms with Gasteiger partial charge in [-0.1, -0.05) is 27.5 Å². The number of ether oxygens (including phenoxy) is 1. The number of alkyl halides is 3. The number of esters is 1. The van der Waals surface area contributed by atoms with Gasteiger partial charge in [0.25, 0.3) is 5.91 Å². The predicted octanol–water partition coefficient (Wildman–Crippen LogP) is 6.03. The van der Waals surface area contributed by atoms with Crippen LogP contribution in [0.25, 0.3) is 0 Å². The van der Waals surface area contributed by atoms with Crippen LogP contribution in [0, 0.1) is 13.8 Å². The summed E-state index contributed by atoms with van der Waals surface area (Å²) in [6.45, 7) is 3.21. The van der Waals surface area contributed by atoms with Crippen LogP contribution in [0.2, 0.25) is 5.02 Å².